The van der Waals surface area contributed by atoms with Gasteiger partial charge in [-0.1, -0.05) is 33.6 Å². The van der Waals surface area contributed by atoms with Crippen LogP contribution in [0.25, 0.3) is 16.6 Å². The fourth-order valence-electron chi connectivity index (χ4n) is 3.59. The van der Waals surface area contributed by atoms with Gasteiger partial charge in [-0.05, 0) is 54.6 Å². The topological polar surface area (TPSA) is 79.5 Å². The van der Waals surface area contributed by atoms with Crippen LogP contribution in [0.1, 0.15) is 10.4 Å². The zero-order valence-electron chi connectivity index (χ0n) is 17.7. The molecular weight excluding hydrogens is 512 g/mol. The van der Waals surface area contributed by atoms with Crippen molar-refractivity contribution in [1.82, 2.24) is 9.13 Å². The number of halogens is 2. The molecule has 0 bridgehead atoms. The highest BCUT2D eigenvalue weighted by atomic mass is 79.9. The maximum absolute atomic E-state index is 13.5. The van der Waals surface area contributed by atoms with Crippen LogP contribution in [0, 0.1) is 0 Å². The number of nitrogens with zero attached hydrogens (tertiary/aromatic N) is 2. The standard InChI is InChI=1S/C24H18BrClN2O5/c1-32-21-9-6-14(10-22(21)33-2)20(29)13-27-19-8-7-15(25)11-18(19)23(30)28(24(27)31)17-5-3-4-16(26)12-17/h3-12H,13H2,1-2H3. The minimum Gasteiger partial charge on any atom is -0.493 e. The first kappa shape index (κ1) is 22.8. The van der Waals surface area contributed by atoms with Crippen molar-refractivity contribution in [2.75, 3.05) is 14.2 Å². The lowest BCUT2D eigenvalue weighted by Gasteiger charge is -2.15. The van der Waals surface area contributed by atoms with E-state index in [4.69, 9.17) is 21.1 Å². The fraction of sp³-hybridized carbons (Fsp3) is 0.125. The molecule has 0 aliphatic carbocycles. The lowest BCUT2D eigenvalue weighted by molar-refractivity contribution is 0.0971. The van der Waals surface area contributed by atoms with Gasteiger partial charge in [0.25, 0.3) is 5.56 Å². The van der Waals surface area contributed by atoms with E-state index < -0.39 is 11.2 Å². The molecule has 0 unspecified atom stereocenters. The smallest absolute Gasteiger partial charge is 0.336 e. The van der Waals surface area contributed by atoms with Crippen LogP contribution in [0.5, 0.6) is 11.5 Å². The second-order valence-corrected chi connectivity index (χ2v) is 8.50. The number of rotatable bonds is 6. The first-order valence-corrected chi connectivity index (χ1v) is 11.0. The Morgan fingerprint density at radius 2 is 1.73 bits per heavy atom. The number of hydrogen-bond acceptors (Lipinski definition) is 5. The summed E-state index contributed by atoms with van der Waals surface area (Å²) in [7, 11) is 2.98. The van der Waals surface area contributed by atoms with E-state index in [9.17, 15) is 14.4 Å². The Hall–Kier alpha value is -3.36. The molecule has 0 N–H and O–H groups in total. The van der Waals surface area contributed by atoms with Crippen LogP contribution in [0.2, 0.25) is 5.02 Å². The Kier molecular flexibility index (Phi) is 6.40. The molecule has 0 saturated carbocycles. The van der Waals surface area contributed by atoms with Crippen molar-refractivity contribution < 1.29 is 14.3 Å². The quantitative estimate of drug-likeness (QED) is 0.344. The van der Waals surface area contributed by atoms with Crippen LogP contribution in [0.3, 0.4) is 0 Å². The Morgan fingerprint density at radius 1 is 0.970 bits per heavy atom. The van der Waals surface area contributed by atoms with Gasteiger partial charge >= 0.3 is 5.69 Å². The molecule has 9 heteroatoms. The molecular formula is C24H18BrClN2O5. The summed E-state index contributed by atoms with van der Waals surface area (Å²) < 4.78 is 13.5. The lowest BCUT2D eigenvalue weighted by Crippen LogP contribution is -2.40. The van der Waals surface area contributed by atoms with Crippen LogP contribution in [0.15, 0.2) is 74.7 Å². The first-order chi connectivity index (χ1) is 15.8. The molecule has 7 nitrogen and oxygen atoms in total. The minimum absolute atomic E-state index is 0.282. The predicted octanol–water partition coefficient (Wildman–Crippen LogP) is 4.47. The van der Waals surface area contributed by atoms with Gasteiger partial charge in [0, 0.05) is 15.1 Å². The molecule has 0 aliphatic rings. The summed E-state index contributed by atoms with van der Waals surface area (Å²) in [5, 5.41) is 0.658. The summed E-state index contributed by atoms with van der Waals surface area (Å²) in [4.78, 5) is 39.9. The summed E-state index contributed by atoms with van der Waals surface area (Å²) in [6.45, 7) is -0.284. The van der Waals surface area contributed by atoms with E-state index in [1.165, 1.54) is 24.9 Å². The van der Waals surface area contributed by atoms with E-state index in [0.29, 0.717) is 37.8 Å². The van der Waals surface area contributed by atoms with Crippen LogP contribution >= 0.6 is 27.5 Å². The van der Waals surface area contributed by atoms with Crippen LogP contribution < -0.4 is 20.7 Å². The number of hydrogen-bond donors (Lipinski definition) is 0. The van der Waals surface area contributed by atoms with E-state index in [1.807, 2.05) is 0 Å². The number of Topliss-reactive ketones (excluding diaryl/α,β-unsaturated/α-hetero) is 1. The van der Waals surface area contributed by atoms with Gasteiger partial charge in [-0.15, -0.1) is 0 Å². The zero-order chi connectivity index (χ0) is 23.7. The summed E-state index contributed by atoms with van der Waals surface area (Å²) >= 11 is 9.46. The Labute approximate surface area is 201 Å². The summed E-state index contributed by atoms with van der Waals surface area (Å²) in [5.41, 5.74) is -0.156. The van der Waals surface area contributed by atoms with Crippen molar-refractivity contribution in [2.45, 2.75) is 6.54 Å². The third kappa shape index (κ3) is 4.31. The molecule has 0 aliphatic heterocycles. The molecule has 0 fully saturated rings. The average Bonchev–Trinajstić information content (AvgIpc) is 2.81. The van der Waals surface area contributed by atoms with Crippen LogP contribution in [-0.2, 0) is 6.54 Å². The molecule has 33 heavy (non-hydrogen) atoms. The van der Waals surface area contributed by atoms with E-state index in [0.717, 1.165) is 4.57 Å². The Morgan fingerprint density at radius 3 is 2.42 bits per heavy atom. The maximum Gasteiger partial charge on any atom is 0.336 e. The highest BCUT2D eigenvalue weighted by Crippen LogP contribution is 2.28. The molecule has 3 aromatic carbocycles. The normalized spacial score (nSPS) is 10.9. The van der Waals surface area contributed by atoms with E-state index in [-0.39, 0.29) is 17.7 Å². The molecule has 1 heterocycles. The second-order valence-electron chi connectivity index (χ2n) is 7.14. The highest BCUT2D eigenvalue weighted by Gasteiger charge is 2.19. The third-order valence-corrected chi connectivity index (χ3v) is 5.91. The molecule has 0 spiro atoms. The second kappa shape index (κ2) is 9.25. The van der Waals surface area contributed by atoms with E-state index in [2.05, 4.69) is 15.9 Å². The van der Waals surface area contributed by atoms with E-state index >= 15 is 0 Å². The molecule has 1 aromatic heterocycles. The van der Waals surface area contributed by atoms with E-state index in [1.54, 1.807) is 54.6 Å². The number of carbonyl (C=O) groups excluding carboxylic acids is 1. The van der Waals surface area contributed by atoms with Crippen molar-refractivity contribution in [3.8, 4) is 17.2 Å². The van der Waals surface area contributed by atoms with Gasteiger partial charge in [0.1, 0.15) is 0 Å². The summed E-state index contributed by atoms with van der Waals surface area (Å²) in [6.07, 6.45) is 0. The largest absolute Gasteiger partial charge is 0.493 e. The third-order valence-electron chi connectivity index (χ3n) is 5.18. The van der Waals surface area contributed by atoms with Gasteiger partial charge in [-0.2, -0.15) is 0 Å². The van der Waals surface area contributed by atoms with Gasteiger partial charge in [-0.25, -0.2) is 9.36 Å². The Balaban J connectivity index is 1.91. The molecule has 0 radical (unpaired) electrons. The summed E-state index contributed by atoms with van der Waals surface area (Å²) in [6, 6.07) is 16.2. The average molecular weight is 530 g/mol. The van der Waals surface area contributed by atoms with Crippen molar-refractivity contribution in [2.24, 2.45) is 0 Å². The van der Waals surface area contributed by atoms with Gasteiger partial charge in [0.15, 0.2) is 17.3 Å². The van der Waals surface area contributed by atoms with Crippen LogP contribution in [-0.4, -0.2) is 29.1 Å². The van der Waals surface area contributed by atoms with Gasteiger partial charge in [0.05, 0.1) is 37.4 Å². The number of ketones is 1. The summed E-state index contributed by atoms with van der Waals surface area (Å²) in [5.74, 6) is 0.544. The van der Waals surface area contributed by atoms with Crippen molar-refractivity contribution in [3.05, 3.63) is 96.6 Å². The molecule has 168 valence electrons. The van der Waals surface area contributed by atoms with Crippen molar-refractivity contribution >= 4 is 44.2 Å². The molecule has 4 aromatic rings. The molecule has 0 amide bonds. The van der Waals surface area contributed by atoms with Crippen LogP contribution in [0.4, 0.5) is 0 Å². The van der Waals surface area contributed by atoms with Gasteiger partial charge < -0.3 is 9.47 Å². The SMILES string of the molecule is COc1ccc(C(=O)Cn2c(=O)n(-c3cccc(Cl)c3)c(=O)c3cc(Br)ccc32)cc1OC. The monoisotopic (exact) mass is 528 g/mol. The number of aromatic nitrogens is 2. The molecule has 0 atom stereocenters. The number of carbonyl (C=O) groups is 1. The fourth-order valence-corrected chi connectivity index (χ4v) is 4.13. The van der Waals surface area contributed by atoms with Gasteiger partial charge in [-0.3, -0.25) is 14.2 Å². The predicted molar refractivity (Wildman–Crippen MR) is 130 cm³/mol. The zero-order valence-corrected chi connectivity index (χ0v) is 20.0. The minimum atomic E-state index is -0.647. The van der Waals surface area contributed by atoms with Crippen molar-refractivity contribution in [1.29, 1.82) is 0 Å². The first-order valence-electron chi connectivity index (χ1n) is 9.80. The number of fused-ring (bicyclic) bond motifs is 1. The number of ether oxygens (including phenoxy) is 2. The Bertz CT molecular complexity index is 1510. The number of benzene rings is 3. The van der Waals surface area contributed by atoms with Crippen molar-refractivity contribution in [3.63, 3.8) is 0 Å². The van der Waals surface area contributed by atoms with Gasteiger partial charge in [0.2, 0.25) is 0 Å². The highest BCUT2D eigenvalue weighted by molar-refractivity contribution is 9.10. The maximum atomic E-state index is 13.5. The molecule has 0 saturated heterocycles. The lowest BCUT2D eigenvalue weighted by atomic mass is 10.1. The number of methoxy groups -OCH3 is 2. The molecule has 4 rings (SSSR count).